The van der Waals surface area contributed by atoms with E-state index in [0.717, 1.165) is 11.1 Å². The molecule has 2 N–H and O–H groups in total. The molecule has 7 heteroatoms. The third-order valence-electron chi connectivity index (χ3n) is 4.27. The quantitative estimate of drug-likeness (QED) is 0.831. The summed E-state index contributed by atoms with van der Waals surface area (Å²) in [6, 6.07) is 13.3. The van der Waals surface area contributed by atoms with E-state index in [1.165, 1.54) is 12.1 Å². The van der Waals surface area contributed by atoms with Crippen LogP contribution in [-0.4, -0.2) is 41.2 Å². The van der Waals surface area contributed by atoms with E-state index in [1.807, 2.05) is 12.1 Å². The largest absolute Gasteiger partial charge is 0.399 e. The summed E-state index contributed by atoms with van der Waals surface area (Å²) in [6.45, 7) is 1.34. The van der Waals surface area contributed by atoms with Crippen molar-refractivity contribution < 1.29 is 14.0 Å². The van der Waals surface area contributed by atoms with E-state index in [0.29, 0.717) is 25.3 Å². The predicted molar refractivity (Wildman–Crippen MR) is 100 cm³/mol. The van der Waals surface area contributed by atoms with E-state index in [4.69, 9.17) is 5.73 Å². The van der Waals surface area contributed by atoms with Crippen molar-refractivity contribution in [1.29, 1.82) is 0 Å². The van der Waals surface area contributed by atoms with Gasteiger partial charge >= 0.3 is 0 Å². The van der Waals surface area contributed by atoms with Crippen molar-refractivity contribution in [3.05, 3.63) is 65.5 Å². The molecule has 1 aliphatic rings. The first kappa shape index (κ1) is 19.7. The number of halogens is 2. The Bertz CT molecular complexity index is 783. The first-order valence-corrected chi connectivity index (χ1v) is 8.15. The number of anilines is 1. The summed E-state index contributed by atoms with van der Waals surface area (Å²) in [4.78, 5) is 27.9. The third kappa shape index (κ3) is 4.95. The lowest BCUT2D eigenvalue weighted by Crippen LogP contribution is -2.52. The highest BCUT2D eigenvalue weighted by Gasteiger charge is 2.27. The number of nitrogens with two attached hydrogens (primary N) is 1. The van der Waals surface area contributed by atoms with Gasteiger partial charge in [-0.2, -0.15) is 0 Å². The van der Waals surface area contributed by atoms with Gasteiger partial charge in [-0.05, 0) is 35.4 Å². The van der Waals surface area contributed by atoms with Crippen molar-refractivity contribution in [3.8, 4) is 0 Å². The van der Waals surface area contributed by atoms with Gasteiger partial charge in [-0.3, -0.25) is 9.59 Å². The SMILES string of the molecule is Cl.Nc1ccc(CC(=O)N2CCN(Cc3cccc(F)c3)C(=O)C2)cc1. The minimum absolute atomic E-state index is 0. The topological polar surface area (TPSA) is 66.6 Å². The lowest BCUT2D eigenvalue weighted by molar-refractivity contribution is -0.145. The minimum atomic E-state index is -0.317. The molecule has 0 spiro atoms. The van der Waals surface area contributed by atoms with Gasteiger partial charge in [0.05, 0.1) is 13.0 Å². The molecule has 0 bridgehead atoms. The molecule has 0 aromatic heterocycles. The molecular weight excluding hydrogens is 357 g/mol. The summed E-state index contributed by atoms with van der Waals surface area (Å²) in [5.74, 6) is -0.521. The van der Waals surface area contributed by atoms with Crippen molar-refractivity contribution >= 4 is 29.9 Å². The average Bonchev–Trinajstić information content (AvgIpc) is 2.59. The summed E-state index contributed by atoms with van der Waals surface area (Å²) in [5, 5.41) is 0. The highest BCUT2D eigenvalue weighted by atomic mass is 35.5. The molecule has 3 rings (SSSR count). The number of hydrogen-bond donors (Lipinski definition) is 1. The molecule has 0 radical (unpaired) electrons. The van der Waals surface area contributed by atoms with Gasteiger partial charge in [-0.1, -0.05) is 24.3 Å². The van der Waals surface area contributed by atoms with Crippen molar-refractivity contribution in [3.63, 3.8) is 0 Å². The van der Waals surface area contributed by atoms with Crippen molar-refractivity contribution in [1.82, 2.24) is 9.80 Å². The van der Waals surface area contributed by atoms with Gasteiger partial charge in [-0.25, -0.2) is 4.39 Å². The lowest BCUT2D eigenvalue weighted by Gasteiger charge is -2.34. The van der Waals surface area contributed by atoms with Crippen LogP contribution in [0.2, 0.25) is 0 Å². The maximum absolute atomic E-state index is 13.3. The number of carbonyl (C=O) groups excluding carboxylic acids is 2. The fourth-order valence-electron chi connectivity index (χ4n) is 2.87. The molecule has 26 heavy (non-hydrogen) atoms. The maximum atomic E-state index is 13.3. The number of carbonyl (C=O) groups is 2. The molecular formula is C19H21ClFN3O2. The van der Waals surface area contributed by atoms with Gasteiger partial charge < -0.3 is 15.5 Å². The smallest absolute Gasteiger partial charge is 0.242 e. The van der Waals surface area contributed by atoms with E-state index >= 15 is 0 Å². The zero-order valence-corrected chi connectivity index (χ0v) is 15.0. The molecule has 0 aliphatic carbocycles. The zero-order chi connectivity index (χ0) is 17.8. The van der Waals surface area contributed by atoms with Crippen LogP contribution in [0.5, 0.6) is 0 Å². The van der Waals surface area contributed by atoms with Crippen LogP contribution in [0.15, 0.2) is 48.5 Å². The summed E-state index contributed by atoms with van der Waals surface area (Å²) in [7, 11) is 0. The third-order valence-corrected chi connectivity index (χ3v) is 4.27. The Morgan fingerprint density at radius 1 is 1.08 bits per heavy atom. The van der Waals surface area contributed by atoms with Crippen LogP contribution < -0.4 is 5.73 Å². The summed E-state index contributed by atoms with van der Waals surface area (Å²) >= 11 is 0. The van der Waals surface area contributed by atoms with Gasteiger partial charge in [-0.15, -0.1) is 12.4 Å². The lowest BCUT2D eigenvalue weighted by atomic mass is 10.1. The normalized spacial score (nSPS) is 14.1. The molecule has 2 aromatic rings. The Balaban J connectivity index is 0.00000243. The Hall–Kier alpha value is -2.60. The highest BCUT2D eigenvalue weighted by molar-refractivity contribution is 5.87. The van der Waals surface area contributed by atoms with Crippen LogP contribution in [0.25, 0.3) is 0 Å². The van der Waals surface area contributed by atoms with Crippen LogP contribution in [0, 0.1) is 5.82 Å². The highest BCUT2D eigenvalue weighted by Crippen LogP contribution is 2.13. The number of hydrogen-bond acceptors (Lipinski definition) is 3. The van der Waals surface area contributed by atoms with Crippen LogP contribution in [-0.2, 0) is 22.6 Å². The number of benzene rings is 2. The predicted octanol–water partition coefficient (Wildman–Crippen LogP) is 2.24. The number of piperazine rings is 1. The van der Waals surface area contributed by atoms with E-state index in [2.05, 4.69) is 0 Å². The first-order chi connectivity index (χ1) is 12.0. The number of nitrogen functional groups attached to an aromatic ring is 1. The Morgan fingerprint density at radius 2 is 1.81 bits per heavy atom. The fraction of sp³-hybridized carbons (Fsp3) is 0.263. The zero-order valence-electron chi connectivity index (χ0n) is 14.2. The molecule has 2 aromatic carbocycles. The van der Waals surface area contributed by atoms with Crippen LogP contribution >= 0.6 is 12.4 Å². The van der Waals surface area contributed by atoms with Gasteiger partial charge in [0.25, 0.3) is 0 Å². The maximum Gasteiger partial charge on any atom is 0.242 e. The van der Waals surface area contributed by atoms with E-state index in [9.17, 15) is 14.0 Å². The number of rotatable bonds is 4. The van der Waals surface area contributed by atoms with E-state index in [-0.39, 0.29) is 43.0 Å². The van der Waals surface area contributed by atoms with E-state index < -0.39 is 0 Å². The number of amides is 2. The van der Waals surface area contributed by atoms with Gasteiger partial charge in [0.1, 0.15) is 5.82 Å². The fourth-order valence-corrected chi connectivity index (χ4v) is 2.87. The second-order valence-electron chi connectivity index (χ2n) is 6.18. The molecule has 138 valence electrons. The van der Waals surface area contributed by atoms with Gasteiger partial charge in [0.2, 0.25) is 11.8 Å². The molecule has 1 saturated heterocycles. The molecule has 1 aliphatic heterocycles. The van der Waals surface area contributed by atoms with E-state index in [1.54, 1.807) is 34.1 Å². The van der Waals surface area contributed by atoms with Gasteiger partial charge in [0, 0.05) is 25.3 Å². The summed E-state index contributed by atoms with van der Waals surface area (Å²) in [6.07, 6.45) is 0.247. The molecule has 2 amide bonds. The average molecular weight is 378 g/mol. The first-order valence-electron chi connectivity index (χ1n) is 8.15. The Morgan fingerprint density at radius 3 is 2.46 bits per heavy atom. The molecule has 0 unspecified atom stereocenters. The summed E-state index contributed by atoms with van der Waals surface area (Å²) < 4.78 is 13.3. The molecule has 0 saturated carbocycles. The van der Waals surface area contributed by atoms with Crippen molar-refractivity contribution in [2.45, 2.75) is 13.0 Å². The van der Waals surface area contributed by atoms with Crippen LogP contribution in [0.4, 0.5) is 10.1 Å². The Kier molecular flexibility index (Phi) is 6.58. The second-order valence-corrected chi connectivity index (χ2v) is 6.18. The van der Waals surface area contributed by atoms with Crippen molar-refractivity contribution in [2.24, 2.45) is 0 Å². The van der Waals surface area contributed by atoms with Crippen molar-refractivity contribution in [2.75, 3.05) is 25.4 Å². The monoisotopic (exact) mass is 377 g/mol. The standard InChI is InChI=1S/C19H20FN3O2.ClH/c20-16-3-1-2-15(10-16)12-22-8-9-23(13-19(22)25)18(24)11-14-4-6-17(21)7-5-14;/h1-7,10H,8-9,11-13,21H2;1H. The van der Waals surface area contributed by atoms with Crippen LogP contribution in [0.3, 0.4) is 0 Å². The summed E-state index contributed by atoms with van der Waals surface area (Å²) in [5.41, 5.74) is 7.90. The van der Waals surface area contributed by atoms with Gasteiger partial charge in [0.15, 0.2) is 0 Å². The minimum Gasteiger partial charge on any atom is -0.399 e. The molecule has 1 fully saturated rings. The second kappa shape index (κ2) is 8.67. The molecule has 5 nitrogen and oxygen atoms in total. The molecule has 0 atom stereocenters. The molecule has 1 heterocycles. The van der Waals surface area contributed by atoms with Crippen LogP contribution in [0.1, 0.15) is 11.1 Å². The number of nitrogens with zero attached hydrogens (tertiary/aromatic N) is 2. The Labute approximate surface area is 158 Å².